The molecular formula is C14H9Cl2FN4O2. The third-order valence-electron chi connectivity index (χ3n) is 2.90. The maximum absolute atomic E-state index is 12.9. The van der Waals surface area contributed by atoms with Crippen LogP contribution in [0.2, 0.25) is 10.0 Å². The summed E-state index contributed by atoms with van der Waals surface area (Å²) in [5.41, 5.74) is 1.40. The van der Waals surface area contributed by atoms with Gasteiger partial charge in [-0.15, -0.1) is 5.10 Å². The Morgan fingerprint density at radius 3 is 2.87 bits per heavy atom. The van der Waals surface area contributed by atoms with Gasteiger partial charge < -0.3 is 10.2 Å². The summed E-state index contributed by atoms with van der Waals surface area (Å²) >= 11 is 11.7. The molecule has 6 nitrogen and oxygen atoms in total. The van der Waals surface area contributed by atoms with Gasteiger partial charge in [-0.25, -0.2) is 4.39 Å². The first kappa shape index (κ1) is 15.5. The van der Waals surface area contributed by atoms with Gasteiger partial charge in [-0.05, 0) is 41.6 Å². The van der Waals surface area contributed by atoms with Crippen molar-refractivity contribution in [2.45, 2.75) is 0 Å². The van der Waals surface area contributed by atoms with Gasteiger partial charge in [0.15, 0.2) is 6.61 Å². The van der Waals surface area contributed by atoms with Gasteiger partial charge in [0, 0.05) is 5.02 Å². The second-order valence-electron chi connectivity index (χ2n) is 4.54. The van der Waals surface area contributed by atoms with E-state index in [1.54, 1.807) is 18.2 Å². The van der Waals surface area contributed by atoms with Crippen LogP contribution in [-0.4, -0.2) is 27.7 Å². The van der Waals surface area contributed by atoms with Crippen LogP contribution < -0.4 is 10.2 Å². The highest BCUT2D eigenvalue weighted by Crippen LogP contribution is 2.22. The van der Waals surface area contributed by atoms with Crippen LogP contribution in [0.1, 0.15) is 0 Å². The lowest BCUT2D eigenvalue weighted by molar-refractivity contribution is -0.121. The molecule has 3 rings (SSSR count). The van der Waals surface area contributed by atoms with Gasteiger partial charge in [0.05, 0.1) is 10.7 Å². The summed E-state index contributed by atoms with van der Waals surface area (Å²) in [7, 11) is 0. The fraction of sp³-hybridized carbons (Fsp3) is 0.0714. The van der Waals surface area contributed by atoms with Crippen molar-refractivity contribution in [3.05, 3.63) is 52.3 Å². The van der Waals surface area contributed by atoms with Crippen molar-refractivity contribution in [3.63, 3.8) is 0 Å². The van der Waals surface area contributed by atoms with E-state index in [0.717, 1.165) is 10.9 Å². The van der Waals surface area contributed by atoms with Gasteiger partial charge in [-0.1, -0.05) is 28.0 Å². The largest absolute Gasteiger partial charge is 0.385 e. The molecule has 9 heteroatoms. The quantitative estimate of drug-likeness (QED) is 0.781. The first-order valence-corrected chi connectivity index (χ1v) is 7.18. The number of hydrogen-bond acceptors (Lipinski definition) is 4. The Hall–Kier alpha value is -2.38. The minimum absolute atomic E-state index is 0.0938. The molecular weight excluding hydrogens is 346 g/mol. The zero-order valence-corrected chi connectivity index (χ0v) is 13.0. The highest BCUT2D eigenvalue weighted by atomic mass is 35.5. The summed E-state index contributed by atoms with van der Waals surface area (Å²) in [6.45, 7) is -0.335. The minimum Gasteiger partial charge on any atom is -0.385 e. The number of amides is 1. The van der Waals surface area contributed by atoms with Gasteiger partial charge in [-0.3, -0.25) is 4.79 Å². The molecule has 1 aromatic heterocycles. The van der Waals surface area contributed by atoms with Gasteiger partial charge >= 0.3 is 0 Å². The molecule has 0 saturated heterocycles. The van der Waals surface area contributed by atoms with E-state index >= 15 is 0 Å². The van der Waals surface area contributed by atoms with E-state index in [4.69, 9.17) is 28.0 Å². The molecule has 2 aromatic carbocycles. The normalized spacial score (nSPS) is 10.7. The Morgan fingerprint density at radius 1 is 1.26 bits per heavy atom. The zero-order valence-electron chi connectivity index (χ0n) is 11.5. The summed E-state index contributed by atoms with van der Waals surface area (Å²) in [4.78, 5) is 18.2. The third kappa shape index (κ3) is 3.52. The lowest BCUT2D eigenvalue weighted by Gasteiger charge is -2.08. The predicted molar refractivity (Wildman–Crippen MR) is 84.0 cm³/mol. The molecule has 3 aromatic rings. The van der Waals surface area contributed by atoms with Gasteiger partial charge in [0.25, 0.3) is 5.91 Å². The van der Waals surface area contributed by atoms with Gasteiger partial charge in [0.1, 0.15) is 16.9 Å². The SMILES string of the molecule is O=C(COn1nnc2ccc(Cl)cc21)Nc1ccc(F)cc1Cl. The molecule has 0 aliphatic rings. The van der Waals surface area contributed by atoms with Crippen molar-refractivity contribution in [3.8, 4) is 0 Å². The topological polar surface area (TPSA) is 69.0 Å². The maximum Gasteiger partial charge on any atom is 0.265 e. The molecule has 0 bridgehead atoms. The van der Waals surface area contributed by atoms with E-state index in [2.05, 4.69) is 15.6 Å². The van der Waals surface area contributed by atoms with E-state index in [1.807, 2.05) is 0 Å². The highest BCUT2D eigenvalue weighted by molar-refractivity contribution is 6.33. The number of hydrogen-bond donors (Lipinski definition) is 1. The summed E-state index contributed by atoms with van der Waals surface area (Å²) in [6, 6.07) is 8.63. The number of nitrogens with zero attached hydrogens (tertiary/aromatic N) is 3. The highest BCUT2D eigenvalue weighted by Gasteiger charge is 2.10. The van der Waals surface area contributed by atoms with Crippen molar-refractivity contribution >= 4 is 45.8 Å². The van der Waals surface area contributed by atoms with E-state index in [9.17, 15) is 9.18 Å². The van der Waals surface area contributed by atoms with Crippen LogP contribution in [0.15, 0.2) is 36.4 Å². The average Bonchev–Trinajstić information content (AvgIpc) is 2.90. The first-order valence-electron chi connectivity index (χ1n) is 6.42. The molecule has 0 radical (unpaired) electrons. The van der Waals surface area contributed by atoms with Crippen LogP contribution in [0.4, 0.5) is 10.1 Å². The summed E-state index contributed by atoms with van der Waals surface area (Å²) in [5.74, 6) is -0.973. The molecule has 1 amide bonds. The number of aromatic nitrogens is 3. The molecule has 1 heterocycles. The summed E-state index contributed by atoms with van der Waals surface area (Å²) in [6.07, 6.45) is 0. The smallest absolute Gasteiger partial charge is 0.265 e. The fourth-order valence-corrected chi connectivity index (χ4v) is 2.24. The number of nitrogens with one attached hydrogen (secondary N) is 1. The van der Waals surface area contributed by atoms with E-state index in [0.29, 0.717) is 16.1 Å². The zero-order chi connectivity index (χ0) is 16.4. The van der Waals surface area contributed by atoms with Crippen molar-refractivity contribution in [1.82, 2.24) is 15.2 Å². The monoisotopic (exact) mass is 354 g/mol. The fourth-order valence-electron chi connectivity index (χ4n) is 1.86. The number of anilines is 1. The van der Waals surface area contributed by atoms with E-state index in [-0.39, 0.29) is 17.3 Å². The molecule has 0 aliphatic heterocycles. The predicted octanol–water partition coefficient (Wildman–Crippen LogP) is 2.94. The Balaban J connectivity index is 1.67. The summed E-state index contributed by atoms with van der Waals surface area (Å²) in [5, 5.41) is 10.8. The number of carbonyl (C=O) groups is 1. The molecule has 0 atom stereocenters. The first-order chi connectivity index (χ1) is 11.0. The molecule has 0 fully saturated rings. The van der Waals surface area contributed by atoms with Crippen LogP contribution in [0, 0.1) is 5.82 Å². The van der Waals surface area contributed by atoms with Gasteiger partial charge in [-0.2, -0.15) is 0 Å². The standard InChI is InChI=1S/C14H9Cl2FN4O2/c15-8-1-3-12-13(5-8)21(20-19-12)23-7-14(22)18-11-4-2-9(17)6-10(11)16/h1-6H,7H2,(H,18,22). The van der Waals surface area contributed by atoms with Crippen LogP contribution in [0.25, 0.3) is 11.0 Å². The Morgan fingerprint density at radius 2 is 2.09 bits per heavy atom. The third-order valence-corrected chi connectivity index (χ3v) is 3.45. The second-order valence-corrected chi connectivity index (χ2v) is 5.38. The van der Waals surface area contributed by atoms with Crippen molar-refractivity contribution in [2.75, 3.05) is 11.9 Å². The number of benzene rings is 2. The van der Waals surface area contributed by atoms with Crippen LogP contribution >= 0.6 is 23.2 Å². The van der Waals surface area contributed by atoms with Gasteiger partial charge in [0.2, 0.25) is 0 Å². The van der Waals surface area contributed by atoms with Crippen LogP contribution in [-0.2, 0) is 4.79 Å². The lowest BCUT2D eigenvalue weighted by atomic mass is 10.3. The van der Waals surface area contributed by atoms with Crippen molar-refractivity contribution in [1.29, 1.82) is 0 Å². The van der Waals surface area contributed by atoms with Crippen molar-refractivity contribution in [2.24, 2.45) is 0 Å². The number of fused-ring (bicyclic) bond motifs is 1. The van der Waals surface area contributed by atoms with E-state index in [1.165, 1.54) is 12.1 Å². The Kier molecular flexibility index (Phi) is 4.31. The van der Waals surface area contributed by atoms with Crippen LogP contribution in [0.3, 0.4) is 0 Å². The molecule has 0 saturated carbocycles. The number of halogens is 3. The van der Waals surface area contributed by atoms with Crippen molar-refractivity contribution < 1.29 is 14.0 Å². The average molecular weight is 355 g/mol. The number of carbonyl (C=O) groups excluding carboxylic acids is 1. The van der Waals surface area contributed by atoms with E-state index < -0.39 is 11.7 Å². The summed E-state index contributed by atoms with van der Waals surface area (Å²) < 4.78 is 12.9. The molecule has 118 valence electrons. The molecule has 0 unspecified atom stereocenters. The van der Waals surface area contributed by atoms with Crippen LogP contribution in [0.5, 0.6) is 0 Å². The lowest BCUT2D eigenvalue weighted by Crippen LogP contribution is -2.26. The number of rotatable bonds is 4. The molecule has 23 heavy (non-hydrogen) atoms. The minimum atomic E-state index is -0.491. The Bertz CT molecular complexity index is 884. The Labute approximate surface area is 139 Å². The maximum atomic E-state index is 12.9. The second kappa shape index (κ2) is 6.39. The molecule has 0 spiro atoms. The molecule has 0 aliphatic carbocycles. The molecule has 1 N–H and O–H groups in total.